The lowest BCUT2D eigenvalue weighted by atomic mass is 9.92. The van der Waals surface area contributed by atoms with Crippen molar-refractivity contribution >= 4 is 0 Å². The van der Waals surface area contributed by atoms with Crippen molar-refractivity contribution in [3.8, 4) is 0 Å². The predicted octanol–water partition coefficient (Wildman–Crippen LogP) is 3.95. The summed E-state index contributed by atoms with van der Waals surface area (Å²) in [6, 6.07) is 0. The molecule has 12 heavy (non-hydrogen) atoms. The van der Waals surface area contributed by atoms with Crippen LogP contribution in [0.5, 0.6) is 0 Å². The highest BCUT2D eigenvalue weighted by atomic mass is 14.3. The Labute approximate surface area is 76.4 Å². The molecule has 0 aromatic rings. The van der Waals surface area contributed by atoms with Gasteiger partial charge in [-0.15, -0.1) is 6.58 Å². The molecule has 0 radical (unpaired) electrons. The topological polar surface area (TPSA) is 0 Å². The van der Waals surface area contributed by atoms with E-state index in [1.807, 2.05) is 6.08 Å². The first-order chi connectivity index (χ1) is 5.77. The maximum absolute atomic E-state index is 3.77. The monoisotopic (exact) mass is 164 g/mol. The number of hydrogen-bond donors (Lipinski definition) is 0. The van der Waals surface area contributed by atoms with Crippen LogP contribution in [0.2, 0.25) is 0 Å². The Kier molecular flexibility index (Phi) is 3.58. The van der Waals surface area contributed by atoms with Gasteiger partial charge in [0.1, 0.15) is 0 Å². The summed E-state index contributed by atoms with van der Waals surface area (Å²) < 4.78 is 0. The largest absolute Gasteiger partial charge is 0.103 e. The molecule has 0 amide bonds. The maximum atomic E-state index is 3.77. The van der Waals surface area contributed by atoms with Crippen LogP contribution in [0.3, 0.4) is 0 Å². The van der Waals surface area contributed by atoms with E-state index in [1.165, 1.54) is 25.7 Å². The van der Waals surface area contributed by atoms with E-state index in [1.54, 1.807) is 5.57 Å². The molecule has 0 aromatic carbocycles. The maximum Gasteiger partial charge on any atom is -0.0228 e. The third-order valence-corrected chi connectivity index (χ3v) is 2.96. The predicted molar refractivity (Wildman–Crippen MR) is 55.1 cm³/mol. The molecule has 0 saturated carbocycles. The van der Waals surface area contributed by atoms with Crippen molar-refractivity contribution in [2.75, 3.05) is 0 Å². The summed E-state index contributed by atoms with van der Waals surface area (Å²) in [5.74, 6) is 1.71. The third kappa shape index (κ3) is 2.23. The second kappa shape index (κ2) is 4.49. The summed E-state index contributed by atoms with van der Waals surface area (Å²) in [6.45, 7) is 8.37. The molecule has 0 aromatic heterocycles. The van der Waals surface area contributed by atoms with E-state index in [9.17, 15) is 0 Å². The minimum absolute atomic E-state index is 0.805. The molecule has 68 valence electrons. The van der Waals surface area contributed by atoms with Crippen LogP contribution in [0.25, 0.3) is 0 Å². The van der Waals surface area contributed by atoms with Crippen LogP contribution in [0.1, 0.15) is 39.5 Å². The minimum atomic E-state index is 0.805. The number of allylic oxidation sites excluding steroid dienone is 3. The van der Waals surface area contributed by atoms with Gasteiger partial charge in [-0.05, 0) is 37.5 Å². The molecule has 1 aliphatic rings. The van der Waals surface area contributed by atoms with Crippen molar-refractivity contribution in [3.05, 3.63) is 24.3 Å². The van der Waals surface area contributed by atoms with Gasteiger partial charge in [-0.25, -0.2) is 0 Å². The van der Waals surface area contributed by atoms with Crippen molar-refractivity contribution in [2.24, 2.45) is 11.8 Å². The lowest BCUT2D eigenvalue weighted by molar-refractivity contribution is 0.420. The van der Waals surface area contributed by atoms with E-state index in [2.05, 4.69) is 26.5 Å². The van der Waals surface area contributed by atoms with Crippen molar-refractivity contribution < 1.29 is 0 Å². The number of rotatable bonds is 4. The van der Waals surface area contributed by atoms with Crippen LogP contribution in [-0.4, -0.2) is 0 Å². The second-order valence-corrected chi connectivity index (χ2v) is 3.87. The Morgan fingerprint density at radius 1 is 1.67 bits per heavy atom. The summed E-state index contributed by atoms with van der Waals surface area (Å²) in [6.07, 6.45) is 9.59. The smallest absolute Gasteiger partial charge is 0.0228 e. The first-order valence-corrected chi connectivity index (χ1v) is 5.08. The fraction of sp³-hybridized carbons (Fsp3) is 0.667. The number of hydrogen-bond acceptors (Lipinski definition) is 0. The van der Waals surface area contributed by atoms with Gasteiger partial charge in [0.05, 0.1) is 0 Å². The van der Waals surface area contributed by atoms with Gasteiger partial charge in [-0.2, -0.15) is 0 Å². The van der Waals surface area contributed by atoms with E-state index in [-0.39, 0.29) is 0 Å². The van der Waals surface area contributed by atoms with E-state index in [0.29, 0.717) is 0 Å². The molecular formula is C12H20. The Bertz CT molecular complexity index is 176. The van der Waals surface area contributed by atoms with Crippen molar-refractivity contribution in [2.45, 2.75) is 39.5 Å². The zero-order valence-corrected chi connectivity index (χ0v) is 8.34. The highest BCUT2D eigenvalue weighted by Crippen LogP contribution is 2.34. The van der Waals surface area contributed by atoms with Gasteiger partial charge in [-0.1, -0.05) is 31.6 Å². The molecule has 1 aliphatic carbocycles. The first kappa shape index (κ1) is 9.57. The van der Waals surface area contributed by atoms with Gasteiger partial charge in [0.25, 0.3) is 0 Å². The Morgan fingerprint density at radius 3 is 2.92 bits per heavy atom. The van der Waals surface area contributed by atoms with Gasteiger partial charge in [0.15, 0.2) is 0 Å². The van der Waals surface area contributed by atoms with E-state index >= 15 is 0 Å². The summed E-state index contributed by atoms with van der Waals surface area (Å²) >= 11 is 0. The van der Waals surface area contributed by atoms with Crippen LogP contribution in [-0.2, 0) is 0 Å². The van der Waals surface area contributed by atoms with E-state index in [4.69, 9.17) is 0 Å². The van der Waals surface area contributed by atoms with Gasteiger partial charge in [-0.3, -0.25) is 0 Å². The van der Waals surface area contributed by atoms with E-state index < -0.39 is 0 Å². The van der Waals surface area contributed by atoms with Crippen LogP contribution >= 0.6 is 0 Å². The average Bonchev–Trinajstić information content (AvgIpc) is 2.43. The molecule has 0 fully saturated rings. The van der Waals surface area contributed by atoms with Gasteiger partial charge >= 0.3 is 0 Å². The second-order valence-electron chi connectivity index (χ2n) is 3.87. The molecular weight excluding hydrogens is 144 g/mol. The molecule has 0 heteroatoms. The fourth-order valence-corrected chi connectivity index (χ4v) is 2.06. The van der Waals surface area contributed by atoms with Crippen LogP contribution in [0.4, 0.5) is 0 Å². The molecule has 2 unspecified atom stereocenters. The Balaban J connectivity index is 2.36. The summed E-state index contributed by atoms with van der Waals surface area (Å²) in [5, 5.41) is 0. The van der Waals surface area contributed by atoms with Crippen LogP contribution in [0.15, 0.2) is 24.3 Å². The summed E-state index contributed by atoms with van der Waals surface area (Å²) in [4.78, 5) is 0. The molecule has 1 rings (SSSR count). The summed E-state index contributed by atoms with van der Waals surface area (Å²) in [5.41, 5.74) is 1.66. The Hall–Kier alpha value is -0.520. The zero-order chi connectivity index (χ0) is 8.97. The molecule has 0 nitrogen and oxygen atoms in total. The lowest BCUT2D eigenvalue weighted by Crippen LogP contribution is -2.03. The molecule has 0 bridgehead atoms. The molecule has 0 heterocycles. The average molecular weight is 164 g/mol. The normalized spacial score (nSPS) is 28.7. The first-order valence-electron chi connectivity index (χ1n) is 5.08. The highest BCUT2D eigenvalue weighted by molar-refractivity contribution is 5.12. The van der Waals surface area contributed by atoms with Gasteiger partial charge < -0.3 is 0 Å². The minimum Gasteiger partial charge on any atom is -0.103 e. The quantitative estimate of drug-likeness (QED) is 0.552. The van der Waals surface area contributed by atoms with Crippen LogP contribution < -0.4 is 0 Å². The standard InChI is InChI=1S/C12H20/c1-4-6-7-12-9-11(5-2)8-10(12)3/h4,8,10,12H,1,5-7,9H2,2-3H3. The zero-order valence-electron chi connectivity index (χ0n) is 8.34. The van der Waals surface area contributed by atoms with Crippen molar-refractivity contribution in [1.29, 1.82) is 0 Å². The molecule has 2 atom stereocenters. The molecule has 0 aliphatic heterocycles. The third-order valence-electron chi connectivity index (χ3n) is 2.96. The van der Waals surface area contributed by atoms with Crippen molar-refractivity contribution in [3.63, 3.8) is 0 Å². The van der Waals surface area contributed by atoms with E-state index in [0.717, 1.165) is 11.8 Å². The summed E-state index contributed by atoms with van der Waals surface area (Å²) in [7, 11) is 0. The highest BCUT2D eigenvalue weighted by Gasteiger charge is 2.21. The molecule has 0 saturated heterocycles. The lowest BCUT2D eigenvalue weighted by Gasteiger charge is -2.13. The molecule has 0 spiro atoms. The molecule has 0 N–H and O–H groups in total. The van der Waals surface area contributed by atoms with Gasteiger partial charge in [0.2, 0.25) is 0 Å². The SMILES string of the molecule is C=CCCC1CC(CC)=CC1C. The van der Waals surface area contributed by atoms with Gasteiger partial charge in [0, 0.05) is 0 Å². The van der Waals surface area contributed by atoms with Crippen LogP contribution in [0, 0.1) is 11.8 Å². The Morgan fingerprint density at radius 2 is 2.42 bits per heavy atom. The van der Waals surface area contributed by atoms with Crippen molar-refractivity contribution in [1.82, 2.24) is 0 Å². The fourth-order valence-electron chi connectivity index (χ4n) is 2.06.